The predicted octanol–water partition coefficient (Wildman–Crippen LogP) is 0.923. The molecule has 6 heteroatoms. The number of rotatable bonds is 6. The van der Waals surface area contributed by atoms with Crippen LogP contribution in [-0.4, -0.2) is 59.9 Å². The van der Waals surface area contributed by atoms with Crippen molar-refractivity contribution in [3.63, 3.8) is 0 Å². The Morgan fingerprint density at radius 2 is 2.14 bits per heavy atom. The van der Waals surface area contributed by atoms with Crippen LogP contribution in [-0.2, 0) is 6.54 Å². The maximum atomic E-state index is 4.31. The van der Waals surface area contributed by atoms with Crippen LogP contribution < -0.4 is 10.6 Å². The number of guanidine groups is 1. The van der Waals surface area contributed by atoms with Gasteiger partial charge in [0.05, 0.1) is 6.54 Å². The second kappa shape index (κ2) is 8.67. The first kappa shape index (κ1) is 15.8. The van der Waals surface area contributed by atoms with E-state index in [-0.39, 0.29) is 0 Å². The van der Waals surface area contributed by atoms with Crippen molar-refractivity contribution >= 4 is 5.96 Å². The van der Waals surface area contributed by atoms with Crippen LogP contribution in [0.15, 0.2) is 23.5 Å². The molecular weight excluding hydrogens is 264 g/mol. The number of aliphatic imine (C=N–C) groups is 1. The zero-order valence-electron chi connectivity index (χ0n) is 13.3. The Bertz CT molecular complexity index is 406. The van der Waals surface area contributed by atoms with Gasteiger partial charge in [0.25, 0.3) is 0 Å². The highest BCUT2D eigenvalue weighted by Gasteiger charge is 2.19. The van der Waals surface area contributed by atoms with Gasteiger partial charge in [0, 0.05) is 45.1 Å². The molecular formula is C15H28N6. The summed E-state index contributed by atoms with van der Waals surface area (Å²) >= 11 is 0. The minimum atomic E-state index is 0.536. The molecule has 0 bridgehead atoms. The topological polar surface area (TPSA) is 57.5 Å². The first-order valence-corrected chi connectivity index (χ1v) is 7.98. The molecule has 2 heterocycles. The minimum Gasteiger partial charge on any atom is -0.355 e. The van der Waals surface area contributed by atoms with Crippen molar-refractivity contribution in [3.8, 4) is 0 Å². The van der Waals surface area contributed by atoms with Crippen molar-refractivity contribution in [2.24, 2.45) is 4.99 Å². The first-order chi connectivity index (χ1) is 10.3. The van der Waals surface area contributed by atoms with Gasteiger partial charge >= 0.3 is 0 Å². The van der Waals surface area contributed by atoms with Crippen LogP contribution in [0.1, 0.15) is 26.2 Å². The fraction of sp³-hybridized carbons (Fsp3) is 0.733. The molecule has 0 aromatic carbocycles. The molecule has 1 aliphatic heterocycles. The average molecular weight is 292 g/mol. The van der Waals surface area contributed by atoms with E-state index in [9.17, 15) is 0 Å². The van der Waals surface area contributed by atoms with Gasteiger partial charge in [-0.2, -0.15) is 5.10 Å². The maximum Gasteiger partial charge on any atom is 0.191 e. The summed E-state index contributed by atoms with van der Waals surface area (Å²) in [6.07, 6.45) is 7.41. The first-order valence-electron chi connectivity index (χ1n) is 7.98. The van der Waals surface area contributed by atoms with E-state index in [0.29, 0.717) is 6.04 Å². The summed E-state index contributed by atoms with van der Waals surface area (Å²) in [5.74, 6) is 0.899. The lowest BCUT2D eigenvalue weighted by Gasteiger charge is -2.32. The summed E-state index contributed by atoms with van der Waals surface area (Å²) in [5.41, 5.74) is 0. The van der Waals surface area contributed by atoms with E-state index in [1.807, 2.05) is 24.0 Å². The third kappa shape index (κ3) is 5.38. The normalized spacial score (nSPS) is 17.9. The van der Waals surface area contributed by atoms with Gasteiger partial charge in [-0.1, -0.05) is 6.92 Å². The Morgan fingerprint density at radius 1 is 1.33 bits per heavy atom. The average Bonchev–Trinajstić information content (AvgIpc) is 3.01. The van der Waals surface area contributed by atoms with Gasteiger partial charge in [-0.25, -0.2) is 0 Å². The summed E-state index contributed by atoms with van der Waals surface area (Å²) in [6, 6.07) is 2.48. The Hall–Kier alpha value is -1.56. The molecule has 0 unspecified atom stereocenters. The number of hydrogen-bond donors (Lipinski definition) is 2. The number of aromatic nitrogens is 2. The van der Waals surface area contributed by atoms with E-state index in [1.165, 1.54) is 38.9 Å². The summed E-state index contributed by atoms with van der Waals surface area (Å²) in [5, 5.41) is 11.1. The Labute approximate surface area is 127 Å². The van der Waals surface area contributed by atoms with Gasteiger partial charge in [-0.05, 0) is 31.9 Å². The fourth-order valence-corrected chi connectivity index (χ4v) is 2.73. The molecule has 0 atom stereocenters. The highest BCUT2D eigenvalue weighted by molar-refractivity contribution is 5.79. The van der Waals surface area contributed by atoms with E-state index in [2.05, 4.69) is 32.5 Å². The Kier molecular flexibility index (Phi) is 6.53. The van der Waals surface area contributed by atoms with Gasteiger partial charge in [0.2, 0.25) is 0 Å². The van der Waals surface area contributed by atoms with E-state index in [0.717, 1.165) is 19.0 Å². The molecule has 1 fully saturated rings. The number of hydrogen-bond acceptors (Lipinski definition) is 3. The third-order valence-corrected chi connectivity index (χ3v) is 3.88. The van der Waals surface area contributed by atoms with Crippen molar-refractivity contribution < 1.29 is 0 Å². The lowest BCUT2D eigenvalue weighted by atomic mass is 10.1. The minimum absolute atomic E-state index is 0.536. The lowest BCUT2D eigenvalue weighted by molar-refractivity contribution is 0.206. The molecule has 118 valence electrons. The van der Waals surface area contributed by atoms with E-state index < -0.39 is 0 Å². The maximum absolute atomic E-state index is 4.31. The van der Waals surface area contributed by atoms with Crippen LogP contribution in [0.3, 0.4) is 0 Å². The van der Waals surface area contributed by atoms with Crippen molar-refractivity contribution in [2.75, 3.05) is 33.2 Å². The third-order valence-electron chi connectivity index (χ3n) is 3.88. The summed E-state index contributed by atoms with van der Waals surface area (Å²) in [6.45, 7) is 7.53. The van der Waals surface area contributed by atoms with Gasteiger partial charge in [-0.15, -0.1) is 0 Å². The predicted molar refractivity (Wildman–Crippen MR) is 86.5 cm³/mol. The van der Waals surface area contributed by atoms with Crippen molar-refractivity contribution in [3.05, 3.63) is 18.5 Å². The molecule has 0 spiro atoms. The largest absolute Gasteiger partial charge is 0.355 e. The van der Waals surface area contributed by atoms with Crippen LogP contribution in [0.2, 0.25) is 0 Å². The van der Waals surface area contributed by atoms with Crippen LogP contribution in [0, 0.1) is 0 Å². The van der Waals surface area contributed by atoms with E-state index in [1.54, 1.807) is 6.20 Å². The standard InChI is InChI=1S/C15H28N6/c1-3-9-20-11-5-14(6-12-20)19-15(16-2)17-8-13-21-10-4-7-18-21/h4,7,10,14H,3,5-6,8-9,11-13H2,1-2H3,(H2,16,17,19). The summed E-state index contributed by atoms with van der Waals surface area (Å²) in [7, 11) is 1.83. The molecule has 6 nitrogen and oxygen atoms in total. The molecule has 21 heavy (non-hydrogen) atoms. The van der Waals surface area contributed by atoms with Gasteiger partial charge < -0.3 is 15.5 Å². The molecule has 1 aromatic rings. The van der Waals surface area contributed by atoms with Gasteiger partial charge in [0.15, 0.2) is 5.96 Å². The zero-order chi connectivity index (χ0) is 14.9. The highest BCUT2D eigenvalue weighted by atomic mass is 15.3. The second-order valence-electron chi connectivity index (χ2n) is 5.53. The molecule has 1 aliphatic rings. The molecule has 2 rings (SSSR count). The fourth-order valence-electron chi connectivity index (χ4n) is 2.73. The van der Waals surface area contributed by atoms with Crippen molar-refractivity contribution in [1.82, 2.24) is 25.3 Å². The molecule has 0 saturated carbocycles. The van der Waals surface area contributed by atoms with Crippen molar-refractivity contribution in [1.29, 1.82) is 0 Å². The van der Waals surface area contributed by atoms with Crippen LogP contribution in [0.5, 0.6) is 0 Å². The summed E-state index contributed by atoms with van der Waals surface area (Å²) < 4.78 is 1.92. The molecule has 2 N–H and O–H groups in total. The summed E-state index contributed by atoms with van der Waals surface area (Å²) in [4.78, 5) is 6.86. The Balaban J connectivity index is 1.66. The Morgan fingerprint density at radius 3 is 2.76 bits per heavy atom. The van der Waals surface area contributed by atoms with Crippen LogP contribution >= 0.6 is 0 Å². The molecule has 1 saturated heterocycles. The SMILES string of the molecule is CCCN1CCC(NC(=NC)NCCn2cccn2)CC1. The van der Waals surface area contributed by atoms with Crippen LogP contribution in [0.4, 0.5) is 0 Å². The monoisotopic (exact) mass is 292 g/mol. The second-order valence-corrected chi connectivity index (χ2v) is 5.53. The van der Waals surface area contributed by atoms with Crippen molar-refractivity contribution in [2.45, 2.75) is 38.8 Å². The quantitative estimate of drug-likeness (QED) is 0.605. The van der Waals surface area contributed by atoms with Crippen LogP contribution in [0.25, 0.3) is 0 Å². The zero-order valence-corrected chi connectivity index (χ0v) is 13.3. The number of piperidine rings is 1. The van der Waals surface area contributed by atoms with E-state index >= 15 is 0 Å². The van der Waals surface area contributed by atoms with Gasteiger partial charge in [-0.3, -0.25) is 9.67 Å². The molecule has 0 radical (unpaired) electrons. The smallest absolute Gasteiger partial charge is 0.191 e. The highest BCUT2D eigenvalue weighted by Crippen LogP contribution is 2.10. The van der Waals surface area contributed by atoms with E-state index in [4.69, 9.17) is 0 Å². The molecule has 0 amide bonds. The molecule has 0 aliphatic carbocycles. The number of likely N-dealkylation sites (tertiary alicyclic amines) is 1. The number of nitrogens with one attached hydrogen (secondary N) is 2. The number of nitrogens with zero attached hydrogens (tertiary/aromatic N) is 4. The molecule has 1 aromatic heterocycles. The lowest BCUT2D eigenvalue weighted by Crippen LogP contribution is -2.49. The van der Waals surface area contributed by atoms with Gasteiger partial charge in [0.1, 0.15) is 0 Å².